The summed E-state index contributed by atoms with van der Waals surface area (Å²) in [5.74, 6) is 1.76. The summed E-state index contributed by atoms with van der Waals surface area (Å²) in [6.07, 6.45) is 0.644. The molecule has 0 saturated carbocycles. The third-order valence-electron chi connectivity index (χ3n) is 5.35. The van der Waals surface area contributed by atoms with Crippen molar-refractivity contribution in [1.82, 2.24) is 24.9 Å². The molecule has 9 heteroatoms. The molecule has 0 radical (unpaired) electrons. The molecular formula is C24H27N5O3S. The van der Waals surface area contributed by atoms with Crippen LogP contribution in [0, 0.1) is 13.8 Å². The van der Waals surface area contributed by atoms with E-state index in [9.17, 15) is 4.79 Å². The number of nitrogens with zero attached hydrogens (tertiary/aromatic N) is 4. The number of hydrogen-bond acceptors (Lipinski definition) is 7. The van der Waals surface area contributed by atoms with Crippen molar-refractivity contribution in [1.29, 1.82) is 0 Å². The molecule has 1 N–H and O–H groups in total. The van der Waals surface area contributed by atoms with Crippen LogP contribution in [0.5, 0.6) is 11.5 Å². The number of carbonyl (C=O) groups excluding carboxylic acids is 1. The predicted molar refractivity (Wildman–Crippen MR) is 129 cm³/mol. The maximum absolute atomic E-state index is 13.0. The number of fused-ring (bicyclic) bond motifs is 3. The second kappa shape index (κ2) is 9.66. The monoisotopic (exact) mass is 465 g/mol. The van der Waals surface area contributed by atoms with E-state index in [4.69, 9.17) is 14.5 Å². The summed E-state index contributed by atoms with van der Waals surface area (Å²) in [4.78, 5) is 22.4. The number of ether oxygens (including phenoxy) is 2. The van der Waals surface area contributed by atoms with Crippen LogP contribution < -0.4 is 14.8 Å². The molecule has 0 aliphatic rings. The van der Waals surface area contributed by atoms with Gasteiger partial charge in [-0.05, 0) is 31.9 Å². The van der Waals surface area contributed by atoms with Crippen molar-refractivity contribution in [3.05, 3.63) is 53.3 Å². The van der Waals surface area contributed by atoms with Gasteiger partial charge in [-0.25, -0.2) is 9.97 Å². The highest BCUT2D eigenvalue weighted by Gasteiger charge is 2.23. The highest BCUT2D eigenvalue weighted by atomic mass is 32.2. The Morgan fingerprint density at radius 3 is 2.45 bits per heavy atom. The Morgan fingerprint density at radius 2 is 1.79 bits per heavy atom. The molecule has 0 fully saturated rings. The maximum Gasteiger partial charge on any atom is 0.233 e. The van der Waals surface area contributed by atoms with E-state index in [1.54, 1.807) is 18.7 Å². The first kappa shape index (κ1) is 22.8. The van der Waals surface area contributed by atoms with E-state index >= 15 is 0 Å². The van der Waals surface area contributed by atoms with Gasteiger partial charge in [0.05, 0.1) is 25.0 Å². The van der Waals surface area contributed by atoms with Gasteiger partial charge in [0.25, 0.3) is 0 Å². The molecular weight excluding hydrogens is 438 g/mol. The maximum atomic E-state index is 13.0. The first-order valence-corrected chi connectivity index (χ1v) is 11.6. The van der Waals surface area contributed by atoms with Crippen molar-refractivity contribution in [2.75, 3.05) is 14.2 Å². The summed E-state index contributed by atoms with van der Waals surface area (Å²) >= 11 is 1.38. The number of aryl methyl sites for hydroxylation is 2. The standard InChI is InChI=1S/C24H27N5O3S/c1-6-21(23(30)25-13-16-9-7-14(2)8-10-16)33-24-27-18-12-20(32-5)19(31-4)11-17(18)22-26-15(3)28-29(22)24/h7-12,21H,6,13H2,1-5H3,(H,25,30)/t21-/m1/s1. The lowest BCUT2D eigenvalue weighted by molar-refractivity contribution is -0.120. The van der Waals surface area contributed by atoms with Gasteiger partial charge in [-0.3, -0.25) is 4.79 Å². The second-order valence-electron chi connectivity index (χ2n) is 7.73. The van der Waals surface area contributed by atoms with Crippen molar-refractivity contribution in [3.63, 3.8) is 0 Å². The highest BCUT2D eigenvalue weighted by Crippen LogP contribution is 2.35. The zero-order valence-corrected chi connectivity index (χ0v) is 20.2. The van der Waals surface area contributed by atoms with Gasteiger partial charge < -0.3 is 14.8 Å². The molecule has 1 amide bonds. The Balaban J connectivity index is 1.65. The van der Waals surface area contributed by atoms with Gasteiger partial charge >= 0.3 is 0 Å². The summed E-state index contributed by atoms with van der Waals surface area (Å²) < 4.78 is 12.6. The van der Waals surface area contributed by atoms with E-state index in [0.717, 1.165) is 10.9 Å². The van der Waals surface area contributed by atoms with Gasteiger partial charge in [-0.2, -0.15) is 4.52 Å². The van der Waals surface area contributed by atoms with Gasteiger partial charge in [-0.1, -0.05) is 48.5 Å². The van der Waals surface area contributed by atoms with Crippen molar-refractivity contribution >= 4 is 34.2 Å². The second-order valence-corrected chi connectivity index (χ2v) is 8.90. The zero-order valence-electron chi connectivity index (χ0n) is 19.4. The summed E-state index contributed by atoms with van der Waals surface area (Å²) in [5, 5.41) is 8.65. The Kier molecular flexibility index (Phi) is 6.69. The predicted octanol–water partition coefficient (Wildman–Crippen LogP) is 4.10. The molecule has 0 aliphatic carbocycles. The molecule has 0 spiro atoms. The molecule has 4 rings (SSSR count). The first-order valence-electron chi connectivity index (χ1n) is 10.7. The Hall–Kier alpha value is -3.33. The molecule has 0 bridgehead atoms. The van der Waals surface area contributed by atoms with Crippen molar-refractivity contribution in [3.8, 4) is 11.5 Å². The fourth-order valence-electron chi connectivity index (χ4n) is 3.55. The number of rotatable bonds is 8. The van der Waals surface area contributed by atoms with E-state index in [1.165, 1.54) is 17.3 Å². The molecule has 2 heterocycles. The minimum atomic E-state index is -0.326. The molecule has 0 unspecified atom stereocenters. The molecule has 0 aliphatic heterocycles. The van der Waals surface area contributed by atoms with Crippen LogP contribution in [0.2, 0.25) is 0 Å². The zero-order chi connectivity index (χ0) is 23.5. The van der Waals surface area contributed by atoms with Crippen LogP contribution in [-0.2, 0) is 11.3 Å². The summed E-state index contributed by atoms with van der Waals surface area (Å²) in [5.41, 5.74) is 3.62. The van der Waals surface area contributed by atoms with E-state index in [1.807, 2.05) is 57.2 Å². The Morgan fingerprint density at radius 1 is 1.09 bits per heavy atom. The van der Waals surface area contributed by atoms with Gasteiger partial charge in [-0.15, -0.1) is 5.10 Å². The van der Waals surface area contributed by atoms with Crippen LogP contribution in [0.15, 0.2) is 41.6 Å². The van der Waals surface area contributed by atoms with Gasteiger partial charge in [0.15, 0.2) is 22.3 Å². The lowest BCUT2D eigenvalue weighted by atomic mass is 10.1. The fraction of sp³-hybridized carbons (Fsp3) is 0.333. The van der Waals surface area contributed by atoms with Crippen molar-refractivity contribution in [2.24, 2.45) is 0 Å². The number of carbonyl (C=O) groups is 1. The third-order valence-corrected chi connectivity index (χ3v) is 6.66. The van der Waals surface area contributed by atoms with Crippen LogP contribution in [-0.4, -0.2) is 45.0 Å². The molecule has 2 aromatic carbocycles. The molecule has 4 aromatic rings. The lowest BCUT2D eigenvalue weighted by Crippen LogP contribution is -2.32. The summed E-state index contributed by atoms with van der Waals surface area (Å²) in [6.45, 7) is 6.35. The third kappa shape index (κ3) is 4.73. The molecule has 1 atom stereocenters. The number of aromatic nitrogens is 4. The number of thioether (sulfide) groups is 1. The average Bonchev–Trinajstić information content (AvgIpc) is 3.22. The van der Waals surface area contributed by atoms with Crippen LogP contribution in [0.1, 0.15) is 30.3 Å². The smallest absolute Gasteiger partial charge is 0.233 e. The topological polar surface area (TPSA) is 90.6 Å². The summed E-state index contributed by atoms with van der Waals surface area (Å²) in [7, 11) is 3.18. The fourth-order valence-corrected chi connectivity index (χ4v) is 4.54. The van der Waals surface area contributed by atoms with E-state index in [-0.39, 0.29) is 11.2 Å². The van der Waals surface area contributed by atoms with Gasteiger partial charge in [0.2, 0.25) is 5.91 Å². The minimum absolute atomic E-state index is 0.0396. The Labute approximate surface area is 196 Å². The number of methoxy groups -OCH3 is 2. The first-order chi connectivity index (χ1) is 15.9. The van der Waals surface area contributed by atoms with E-state index < -0.39 is 0 Å². The SMILES string of the molecule is CC[C@@H](Sc1nc2cc(OC)c(OC)cc2c2nc(C)nn12)C(=O)NCc1ccc(C)cc1. The largest absolute Gasteiger partial charge is 0.493 e. The van der Waals surface area contributed by atoms with Gasteiger partial charge in [0, 0.05) is 18.0 Å². The molecule has 33 heavy (non-hydrogen) atoms. The van der Waals surface area contributed by atoms with Crippen molar-refractivity contribution < 1.29 is 14.3 Å². The van der Waals surface area contributed by atoms with E-state index in [2.05, 4.69) is 15.4 Å². The normalized spacial score (nSPS) is 12.2. The van der Waals surface area contributed by atoms with Crippen molar-refractivity contribution in [2.45, 2.75) is 44.1 Å². The highest BCUT2D eigenvalue weighted by molar-refractivity contribution is 8.00. The molecule has 0 saturated heterocycles. The number of nitrogens with one attached hydrogen (secondary N) is 1. The van der Waals surface area contributed by atoms with Crippen LogP contribution in [0.3, 0.4) is 0 Å². The Bertz CT molecular complexity index is 1300. The summed E-state index contributed by atoms with van der Waals surface area (Å²) in [6, 6.07) is 11.8. The molecule has 8 nitrogen and oxygen atoms in total. The van der Waals surface area contributed by atoms with Crippen LogP contribution in [0.25, 0.3) is 16.6 Å². The number of amides is 1. The van der Waals surface area contributed by atoms with Crippen LogP contribution >= 0.6 is 11.8 Å². The van der Waals surface area contributed by atoms with Gasteiger partial charge in [0.1, 0.15) is 5.82 Å². The molecule has 2 aromatic heterocycles. The minimum Gasteiger partial charge on any atom is -0.493 e. The quantitative estimate of drug-likeness (QED) is 0.309. The number of benzene rings is 2. The number of hydrogen-bond donors (Lipinski definition) is 1. The van der Waals surface area contributed by atoms with Crippen LogP contribution in [0.4, 0.5) is 0 Å². The van der Waals surface area contributed by atoms with E-state index in [0.29, 0.717) is 46.6 Å². The average molecular weight is 466 g/mol. The lowest BCUT2D eigenvalue weighted by Gasteiger charge is -2.16. The molecule has 172 valence electrons.